The number of benzene rings is 2. The van der Waals surface area contributed by atoms with Gasteiger partial charge in [0.15, 0.2) is 5.78 Å². The first kappa shape index (κ1) is 15.3. The third kappa shape index (κ3) is 3.58. The average molecular weight is 403 g/mol. The molecule has 3 rings (SSSR count). The third-order valence-corrected chi connectivity index (χ3v) is 4.86. The van der Waals surface area contributed by atoms with Crippen molar-refractivity contribution in [3.8, 4) is 0 Å². The van der Waals surface area contributed by atoms with Crippen LogP contribution < -0.4 is 5.32 Å². The molecule has 0 aliphatic heterocycles. The van der Waals surface area contributed by atoms with Crippen molar-refractivity contribution in [3.05, 3.63) is 75.0 Å². The quantitative estimate of drug-likeness (QED) is 0.732. The highest BCUT2D eigenvalue weighted by Crippen LogP contribution is 2.28. The maximum atomic E-state index is 12.4. The van der Waals surface area contributed by atoms with Crippen molar-refractivity contribution >= 4 is 34.1 Å². The topological polar surface area (TPSA) is 29.1 Å². The molecule has 0 unspecified atom stereocenters. The molecule has 0 bridgehead atoms. The summed E-state index contributed by atoms with van der Waals surface area (Å²) in [6.45, 7) is 0. The summed E-state index contributed by atoms with van der Waals surface area (Å²) in [5, 5.41) is 3.50. The van der Waals surface area contributed by atoms with E-state index in [1.165, 1.54) is 9.13 Å². The maximum absolute atomic E-state index is 12.4. The highest BCUT2D eigenvalue weighted by molar-refractivity contribution is 14.1. The molecule has 2 aromatic carbocycles. The summed E-state index contributed by atoms with van der Waals surface area (Å²) in [6, 6.07) is 18.4. The van der Waals surface area contributed by atoms with E-state index in [-0.39, 0.29) is 5.78 Å². The molecule has 0 atom stereocenters. The first-order valence-electron chi connectivity index (χ1n) is 7.55. The van der Waals surface area contributed by atoms with Gasteiger partial charge in [-0.05, 0) is 53.1 Å². The summed E-state index contributed by atoms with van der Waals surface area (Å²) in [5.41, 5.74) is 4.30. The lowest BCUT2D eigenvalue weighted by Gasteiger charge is -2.21. The highest BCUT2D eigenvalue weighted by atomic mass is 127. The van der Waals surface area contributed by atoms with Crippen LogP contribution in [0.3, 0.4) is 0 Å². The zero-order valence-electron chi connectivity index (χ0n) is 12.3. The lowest BCUT2D eigenvalue weighted by atomic mass is 9.90. The van der Waals surface area contributed by atoms with Crippen molar-refractivity contribution in [3.63, 3.8) is 0 Å². The van der Waals surface area contributed by atoms with Gasteiger partial charge in [0, 0.05) is 27.7 Å². The number of anilines is 1. The Hall–Kier alpha value is -1.62. The van der Waals surface area contributed by atoms with E-state index < -0.39 is 0 Å². The summed E-state index contributed by atoms with van der Waals surface area (Å²) in [7, 11) is 0. The standard InChI is InChI=1S/C19H18INO/c20-16-9-4-5-10-18(16)21-17-11-6-12-19(22)15(17)13-14-7-2-1-3-8-14/h1-5,7-10,21H,6,11-13H2. The second-order valence-corrected chi connectivity index (χ2v) is 6.66. The van der Waals surface area contributed by atoms with Gasteiger partial charge in [-0.1, -0.05) is 42.5 Å². The minimum absolute atomic E-state index is 0.281. The molecule has 1 aliphatic carbocycles. The Morgan fingerprint density at radius 1 is 0.955 bits per heavy atom. The number of ketones is 1. The first-order valence-corrected chi connectivity index (χ1v) is 8.62. The number of nitrogens with one attached hydrogen (secondary N) is 1. The van der Waals surface area contributed by atoms with Crippen LogP contribution in [0.25, 0.3) is 0 Å². The molecule has 1 N–H and O–H groups in total. The molecular formula is C19H18INO. The number of rotatable bonds is 4. The van der Waals surface area contributed by atoms with E-state index in [9.17, 15) is 4.79 Å². The van der Waals surface area contributed by atoms with Crippen molar-refractivity contribution in [1.29, 1.82) is 0 Å². The highest BCUT2D eigenvalue weighted by Gasteiger charge is 2.21. The Kier molecular flexibility index (Phi) is 4.93. The number of para-hydroxylation sites is 1. The molecule has 0 amide bonds. The van der Waals surface area contributed by atoms with Crippen molar-refractivity contribution in [2.75, 3.05) is 5.32 Å². The molecule has 112 valence electrons. The fraction of sp³-hybridized carbons (Fsp3) is 0.211. The molecule has 0 saturated carbocycles. The molecule has 0 aromatic heterocycles. The molecule has 1 aliphatic rings. The molecule has 0 spiro atoms. The first-order chi connectivity index (χ1) is 10.7. The van der Waals surface area contributed by atoms with Gasteiger partial charge in [-0.2, -0.15) is 0 Å². The van der Waals surface area contributed by atoms with E-state index in [0.717, 1.165) is 29.8 Å². The van der Waals surface area contributed by atoms with Crippen molar-refractivity contribution < 1.29 is 4.79 Å². The number of Topliss-reactive ketones (excluding diaryl/α,β-unsaturated/α-hetero) is 1. The van der Waals surface area contributed by atoms with Crippen LogP contribution in [0.1, 0.15) is 24.8 Å². The summed E-state index contributed by atoms with van der Waals surface area (Å²) in [4.78, 5) is 12.4. The Morgan fingerprint density at radius 2 is 1.68 bits per heavy atom. The van der Waals surface area contributed by atoms with Gasteiger partial charge in [0.2, 0.25) is 0 Å². The van der Waals surface area contributed by atoms with Crippen LogP contribution in [-0.4, -0.2) is 5.78 Å². The lowest BCUT2D eigenvalue weighted by Crippen LogP contribution is -2.18. The molecule has 0 fully saturated rings. The predicted molar refractivity (Wildman–Crippen MR) is 98.8 cm³/mol. The van der Waals surface area contributed by atoms with Crippen LogP contribution in [0.2, 0.25) is 0 Å². The number of carbonyl (C=O) groups is 1. The molecule has 22 heavy (non-hydrogen) atoms. The maximum Gasteiger partial charge on any atom is 0.160 e. The monoisotopic (exact) mass is 403 g/mol. The summed E-state index contributed by atoms with van der Waals surface area (Å²) in [5.74, 6) is 0.281. The number of halogens is 1. The molecule has 0 radical (unpaired) electrons. The largest absolute Gasteiger partial charge is 0.358 e. The van der Waals surface area contributed by atoms with Gasteiger partial charge in [-0.15, -0.1) is 0 Å². The van der Waals surface area contributed by atoms with Crippen LogP contribution in [0, 0.1) is 3.57 Å². The van der Waals surface area contributed by atoms with Crippen molar-refractivity contribution in [2.24, 2.45) is 0 Å². The van der Waals surface area contributed by atoms with E-state index in [2.05, 4.69) is 52.2 Å². The van der Waals surface area contributed by atoms with Crippen LogP contribution >= 0.6 is 22.6 Å². The SMILES string of the molecule is O=C1CCCC(Nc2ccccc2I)=C1Cc1ccccc1. The van der Waals surface area contributed by atoms with E-state index in [1.807, 2.05) is 30.3 Å². The minimum Gasteiger partial charge on any atom is -0.358 e. The van der Waals surface area contributed by atoms with Gasteiger partial charge in [0.25, 0.3) is 0 Å². The number of carbonyl (C=O) groups excluding carboxylic acids is 1. The van der Waals surface area contributed by atoms with Gasteiger partial charge in [-0.25, -0.2) is 0 Å². The Morgan fingerprint density at radius 3 is 2.45 bits per heavy atom. The van der Waals surface area contributed by atoms with E-state index >= 15 is 0 Å². The third-order valence-electron chi connectivity index (χ3n) is 3.91. The van der Waals surface area contributed by atoms with Crippen molar-refractivity contribution in [2.45, 2.75) is 25.7 Å². The van der Waals surface area contributed by atoms with Gasteiger partial charge in [0.1, 0.15) is 0 Å². The molecule has 0 saturated heterocycles. The second kappa shape index (κ2) is 7.09. The molecule has 2 aromatic rings. The van der Waals surface area contributed by atoms with E-state index in [0.29, 0.717) is 12.8 Å². The lowest BCUT2D eigenvalue weighted by molar-refractivity contribution is -0.116. The zero-order chi connectivity index (χ0) is 15.4. The number of hydrogen-bond acceptors (Lipinski definition) is 2. The molecule has 0 heterocycles. The fourth-order valence-corrected chi connectivity index (χ4v) is 3.29. The van der Waals surface area contributed by atoms with Crippen LogP contribution in [0.4, 0.5) is 5.69 Å². The van der Waals surface area contributed by atoms with Crippen LogP contribution in [-0.2, 0) is 11.2 Å². The van der Waals surface area contributed by atoms with Gasteiger partial charge in [-0.3, -0.25) is 4.79 Å². The molecular weight excluding hydrogens is 385 g/mol. The fourth-order valence-electron chi connectivity index (χ4n) is 2.76. The zero-order valence-corrected chi connectivity index (χ0v) is 14.5. The average Bonchev–Trinajstić information content (AvgIpc) is 2.54. The minimum atomic E-state index is 0.281. The Balaban J connectivity index is 1.91. The van der Waals surface area contributed by atoms with Crippen LogP contribution in [0.15, 0.2) is 65.9 Å². The number of hydrogen-bond donors (Lipinski definition) is 1. The van der Waals surface area contributed by atoms with E-state index in [4.69, 9.17) is 0 Å². The van der Waals surface area contributed by atoms with Gasteiger partial charge < -0.3 is 5.32 Å². The van der Waals surface area contributed by atoms with E-state index in [1.54, 1.807) is 0 Å². The molecule has 3 heteroatoms. The Bertz CT molecular complexity index is 706. The molecule has 2 nitrogen and oxygen atoms in total. The summed E-state index contributed by atoms with van der Waals surface area (Å²) >= 11 is 2.32. The van der Waals surface area contributed by atoms with Crippen LogP contribution in [0.5, 0.6) is 0 Å². The normalized spacial score (nSPS) is 15.0. The predicted octanol–water partition coefficient (Wildman–Crippen LogP) is 4.95. The smallest absolute Gasteiger partial charge is 0.160 e. The van der Waals surface area contributed by atoms with Gasteiger partial charge >= 0.3 is 0 Å². The van der Waals surface area contributed by atoms with Gasteiger partial charge in [0.05, 0.1) is 5.69 Å². The summed E-state index contributed by atoms with van der Waals surface area (Å²) in [6.07, 6.45) is 3.26. The Labute approximate surface area is 144 Å². The summed E-state index contributed by atoms with van der Waals surface area (Å²) < 4.78 is 1.17. The second-order valence-electron chi connectivity index (χ2n) is 5.50. The van der Waals surface area contributed by atoms with Crippen molar-refractivity contribution in [1.82, 2.24) is 0 Å². The number of allylic oxidation sites excluding steroid dienone is 2.